The van der Waals surface area contributed by atoms with Gasteiger partial charge >= 0.3 is 0 Å². The van der Waals surface area contributed by atoms with E-state index < -0.39 is 15.8 Å². The summed E-state index contributed by atoms with van der Waals surface area (Å²) in [7, 11) is -3.65. The molecule has 10 heteroatoms. The highest BCUT2D eigenvalue weighted by molar-refractivity contribution is 7.89. The molecule has 0 bridgehead atoms. The van der Waals surface area contributed by atoms with E-state index in [9.17, 15) is 17.6 Å². The third-order valence-electron chi connectivity index (χ3n) is 5.08. The second-order valence-corrected chi connectivity index (χ2v) is 10.3. The lowest BCUT2D eigenvalue weighted by molar-refractivity contribution is 0.0730. The number of nitrogens with zero attached hydrogens (tertiary/aromatic N) is 3. The van der Waals surface area contributed by atoms with Crippen LogP contribution in [0.15, 0.2) is 58.8 Å². The minimum absolute atomic E-state index is 0.124. The van der Waals surface area contributed by atoms with Crippen molar-refractivity contribution in [2.45, 2.75) is 18.4 Å². The van der Waals surface area contributed by atoms with Gasteiger partial charge in [0.25, 0.3) is 5.91 Å². The van der Waals surface area contributed by atoms with Gasteiger partial charge in [-0.3, -0.25) is 4.79 Å². The predicted octanol–water partition coefficient (Wildman–Crippen LogP) is 3.46. The number of benzene rings is 2. The Hall–Kier alpha value is -2.66. The summed E-state index contributed by atoms with van der Waals surface area (Å²) in [6.45, 7) is 3.41. The van der Waals surface area contributed by atoms with E-state index in [0.29, 0.717) is 37.6 Å². The summed E-state index contributed by atoms with van der Waals surface area (Å²) in [4.78, 5) is 19.4. The molecule has 4 rings (SSSR count). The molecule has 1 amide bonds. The molecular formula is C22H22FN3O4S2. The number of hydrogen-bond donors (Lipinski definition) is 0. The van der Waals surface area contributed by atoms with Crippen LogP contribution < -0.4 is 4.90 Å². The second-order valence-electron chi connectivity index (χ2n) is 7.27. The maximum Gasteiger partial charge on any atom is 0.258 e. The van der Waals surface area contributed by atoms with Gasteiger partial charge in [0.1, 0.15) is 5.82 Å². The minimum atomic E-state index is -3.65. The maximum atomic E-state index is 13.4. The predicted molar refractivity (Wildman–Crippen MR) is 120 cm³/mol. The number of morpholine rings is 1. The highest BCUT2D eigenvalue weighted by Gasteiger charge is 2.27. The van der Waals surface area contributed by atoms with E-state index in [1.807, 2.05) is 12.3 Å². The zero-order chi connectivity index (χ0) is 22.7. The summed E-state index contributed by atoms with van der Waals surface area (Å²) in [6.07, 6.45) is 0. The fourth-order valence-electron chi connectivity index (χ4n) is 3.41. The molecule has 0 aliphatic carbocycles. The van der Waals surface area contributed by atoms with E-state index in [1.54, 1.807) is 0 Å². The smallest absolute Gasteiger partial charge is 0.258 e. The Morgan fingerprint density at radius 1 is 1.12 bits per heavy atom. The van der Waals surface area contributed by atoms with Crippen LogP contribution in [0.25, 0.3) is 0 Å². The number of carbonyl (C=O) groups excluding carboxylic acids is 1. The minimum Gasteiger partial charge on any atom is -0.379 e. The van der Waals surface area contributed by atoms with Crippen molar-refractivity contribution < 1.29 is 22.3 Å². The van der Waals surface area contributed by atoms with Crippen LogP contribution in [0.5, 0.6) is 0 Å². The normalized spacial score (nSPS) is 14.9. The summed E-state index contributed by atoms with van der Waals surface area (Å²) >= 11 is 1.48. The van der Waals surface area contributed by atoms with Crippen molar-refractivity contribution >= 4 is 33.0 Å². The Kier molecular flexibility index (Phi) is 6.66. The van der Waals surface area contributed by atoms with Gasteiger partial charge in [0.05, 0.1) is 35.4 Å². The van der Waals surface area contributed by atoms with Crippen molar-refractivity contribution in [2.24, 2.45) is 0 Å². The fraction of sp³-hybridized carbons (Fsp3) is 0.273. The van der Waals surface area contributed by atoms with Crippen molar-refractivity contribution in [1.82, 2.24) is 9.29 Å². The number of aryl methyl sites for hydroxylation is 1. The average molecular weight is 476 g/mol. The number of aromatic nitrogens is 1. The van der Waals surface area contributed by atoms with Gasteiger partial charge < -0.3 is 9.64 Å². The quantitative estimate of drug-likeness (QED) is 0.546. The Balaban J connectivity index is 1.60. The standard InChI is InChI=1S/C22H22FN3O4S2/c1-16-24-19(15-31-16)14-26(20-6-4-18(23)5-7-20)22(27)17-2-8-21(9-3-17)32(28,29)25-10-12-30-13-11-25/h2-9,15H,10-14H2,1H3. The van der Waals surface area contributed by atoms with Gasteiger partial charge in [-0.15, -0.1) is 11.3 Å². The van der Waals surface area contributed by atoms with E-state index in [1.165, 1.54) is 69.1 Å². The first-order valence-electron chi connectivity index (χ1n) is 10.0. The molecule has 0 unspecified atom stereocenters. The molecule has 1 saturated heterocycles. The van der Waals surface area contributed by atoms with Gasteiger partial charge in [0.2, 0.25) is 10.0 Å². The molecule has 0 radical (unpaired) electrons. The van der Waals surface area contributed by atoms with Gasteiger partial charge in [0.15, 0.2) is 0 Å². The van der Waals surface area contributed by atoms with Crippen LogP contribution in [0.2, 0.25) is 0 Å². The summed E-state index contributed by atoms with van der Waals surface area (Å²) in [5.41, 5.74) is 1.56. The number of ether oxygens (including phenoxy) is 1. The first kappa shape index (κ1) is 22.5. The summed E-state index contributed by atoms with van der Waals surface area (Å²) < 4.78 is 45.7. The van der Waals surface area contributed by atoms with Crippen molar-refractivity contribution in [3.63, 3.8) is 0 Å². The molecule has 1 aliphatic rings. The molecule has 0 spiro atoms. The van der Waals surface area contributed by atoms with Crippen LogP contribution in [-0.4, -0.2) is 49.9 Å². The molecule has 168 valence electrons. The van der Waals surface area contributed by atoms with Gasteiger partial charge in [0, 0.05) is 29.7 Å². The van der Waals surface area contributed by atoms with Crippen molar-refractivity contribution in [2.75, 3.05) is 31.2 Å². The summed E-state index contributed by atoms with van der Waals surface area (Å²) in [5, 5.41) is 2.75. The molecular weight excluding hydrogens is 453 g/mol. The molecule has 2 aromatic carbocycles. The number of carbonyl (C=O) groups is 1. The lowest BCUT2D eigenvalue weighted by atomic mass is 10.1. The highest BCUT2D eigenvalue weighted by Crippen LogP contribution is 2.23. The second kappa shape index (κ2) is 9.45. The third-order valence-corrected chi connectivity index (χ3v) is 7.81. The molecule has 1 aromatic heterocycles. The molecule has 2 heterocycles. The monoisotopic (exact) mass is 475 g/mol. The summed E-state index contributed by atoms with van der Waals surface area (Å²) in [5.74, 6) is -0.735. The van der Waals surface area contributed by atoms with Crippen molar-refractivity contribution in [1.29, 1.82) is 0 Å². The average Bonchev–Trinajstić information content (AvgIpc) is 3.23. The molecule has 3 aromatic rings. The third kappa shape index (κ3) is 4.88. The van der Waals surface area contributed by atoms with Crippen LogP contribution >= 0.6 is 11.3 Å². The number of sulfonamides is 1. The zero-order valence-corrected chi connectivity index (χ0v) is 19.0. The largest absolute Gasteiger partial charge is 0.379 e. The van der Waals surface area contributed by atoms with E-state index in [4.69, 9.17) is 4.74 Å². The van der Waals surface area contributed by atoms with E-state index >= 15 is 0 Å². The van der Waals surface area contributed by atoms with Crippen LogP contribution in [0, 0.1) is 12.7 Å². The van der Waals surface area contributed by atoms with Crippen molar-refractivity contribution in [3.05, 3.63) is 76.0 Å². The van der Waals surface area contributed by atoms with Crippen LogP contribution in [0.3, 0.4) is 0 Å². The topological polar surface area (TPSA) is 79.8 Å². The Labute approximate surface area is 190 Å². The van der Waals surface area contributed by atoms with Crippen LogP contribution in [-0.2, 0) is 21.3 Å². The van der Waals surface area contributed by atoms with E-state index in [0.717, 1.165) is 10.7 Å². The molecule has 7 nitrogen and oxygen atoms in total. The van der Waals surface area contributed by atoms with E-state index in [-0.39, 0.29) is 17.3 Å². The Morgan fingerprint density at radius 3 is 2.38 bits per heavy atom. The van der Waals surface area contributed by atoms with Gasteiger partial charge in [-0.25, -0.2) is 17.8 Å². The molecule has 1 aliphatic heterocycles. The van der Waals surface area contributed by atoms with Gasteiger partial charge in [-0.2, -0.15) is 4.31 Å². The first-order chi connectivity index (χ1) is 15.3. The lowest BCUT2D eigenvalue weighted by Gasteiger charge is -2.26. The SMILES string of the molecule is Cc1nc(CN(C(=O)c2ccc(S(=O)(=O)N3CCOCC3)cc2)c2ccc(F)cc2)cs1. The highest BCUT2D eigenvalue weighted by atomic mass is 32.2. The molecule has 32 heavy (non-hydrogen) atoms. The van der Waals surface area contributed by atoms with Crippen LogP contribution in [0.4, 0.5) is 10.1 Å². The number of hydrogen-bond acceptors (Lipinski definition) is 6. The van der Waals surface area contributed by atoms with E-state index in [2.05, 4.69) is 4.98 Å². The van der Waals surface area contributed by atoms with Gasteiger partial charge in [-0.05, 0) is 55.5 Å². The Bertz CT molecular complexity index is 1190. The molecule has 0 N–H and O–H groups in total. The molecule has 0 saturated carbocycles. The van der Waals surface area contributed by atoms with Crippen LogP contribution in [0.1, 0.15) is 21.1 Å². The van der Waals surface area contributed by atoms with Gasteiger partial charge in [-0.1, -0.05) is 0 Å². The number of thiazole rings is 1. The summed E-state index contributed by atoms with van der Waals surface area (Å²) in [6, 6.07) is 11.5. The molecule has 0 atom stereocenters. The molecule has 1 fully saturated rings. The lowest BCUT2D eigenvalue weighted by Crippen LogP contribution is -2.40. The number of amides is 1. The van der Waals surface area contributed by atoms with Crippen molar-refractivity contribution in [3.8, 4) is 0 Å². The Morgan fingerprint density at radius 2 is 1.78 bits per heavy atom. The number of anilines is 1. The zero-order valence-electron chi connectivity index (χ0n) is 17.4. The first-order valence-corrected chi connectivity index (χ1v) is 12.3. The number of rotatable bonds is 6. The maximum absolute atomic E-state index is 13.4. The fourth-order valence-corrected chi connectivity index (χ4v) is 5.42. The number of halogens is 1.